The zero-order valence-corrected chi connectivity index (χ0v) is 8.89. The maximum Gasteiger partial charge on any atom is 0.0809 e. The summed E-state index contributed by atoms with van der Waals surface area (Å²) in [5.74, 6) is 0. The third-order valence-corrected chi connectivity index (χ3v) is 2.66. The van der Waals surface area contributed by atoms with E-state index in [4.69, 9.17) is 0 Å². The topological polar surface area (TPSA) is 25.8 Å². The fourth-order valence-electron chi connectivity index (χ4n) is 1.11. The minimum Gasteiger partial charge on any atom is -0.265 e. The van der Waals surface area contributed by atoms with Gasteiger partial charge in [-0.3, -0.25) is 9.97 Å². The second-order valence-corrected chi connectivity index (χ2v) is 3.78. The molecule has 0 aliphatic carbocycles. The summed E-state index contributed by atoms with van der Waals surface area (Å²) in [6.07, 6.45) is 5.31. The highest BCUT2D eigenvalue weighted by Gasteiger charge is 1.89. The molecule has 3 aromatic heterocycles. The van der Waals surface area contributed by atoms with E-state index < -0.39 is 0 Å². The van der Waals surface area contributed by atoms with Crippen LogP contribution >= 0.6 is 11.3 Å². The normalized spacial score (nSPS) is 9.33. The molecule has 3 aromatic rings. The molecule has 0 aromatic carbocycles. The van der Waals surface area contributed by atoms with Gasteiger partial charge in [0, 0.05) is 18.6 Å². The molecule has 0 aliphatic rings. The first kappa shape index (κ1) is 9.80. The summed E-state index contributed by atoms with van der Waals surface area (Å²) in [5.41, 5.74) is 1.10. The second kappa shape index (κ2) is 5.22. The fraction of sp³-hybridized carbons (Fsp3) is 0. The SMILES string of the molecule is c1ccncc1.c1cnc2ccsc2c1. The van der Waals surface area contributed by atoms with Crippen molar-refractivity contribution in [2.75, 3.05) is 0 Å². The molecule has 0 aliphatic heterocycles. The average molecular weight is 214 g/mol. The van der Waals surface area contributed by atoms with Gasteiger partial charge in [0.25, 0.3) is 0 Å². The van der Waals surface area contributed by atoms with Crippen molar-refractivity contribution < 1.29 is 0 Å². The summed E-state index contributed by atoms with van der Waals surface area (Å²) in [4.78, 5) is 7.94. The number of aromatic nitrogens is 2. The van der Waals surface area contributed by atoms with Crippen LogP contribution in [0.5, 0.6) is 0 Å². The first-order valence-corrected chi connectivity index (χ1v) is 5.48. The molecule has 74 valence electrons. The Morgan fingerprint density at radius 2 is 1.73 bits per heavy atom. The fourth-order valence-corrected chi connectivity index (χ4v) is 1.85. The van der Waals surface area contributed by atoms with Crippen LogP contribution in [0.2, 0.25) is 0 Å². The molecule has 3 rings (SSSR count). The highest BCUT2D eigenvalue weighted by Crippen LogP contribution is 2.16. The van der Waals surface area contributed by atoms with Crippen molar-refractivity contribution in [1.29, 1.82) is 0 Å². The molecule has 3 heteroatoms. The van der Waals surface area contributed by atoms with Crippen molar-refractivity contribution in [3.05, 3.63) is 60.4 Å². The number of pyridine rings is 2. The lowest BCUT2D eigenvalue weighted by Gasteiger charge is -1.81. The summed E-state index contributed by atoms with van der Waals surface area (Å²) in [7, 11) is 0. The van der Waals surface area contributed by atoms with Gasteiger partial charge in [-0.1, -0.05) is 6.07 Å². The molecule has 0 saturated carbocycles. The Labute approximate surface area is 92.3 Å². The standard InChI is InChI=1S/C7H5NS.C5H5N/c1-2-7-6(8-4-1)3-5-9-7;1-2-4-6-5-3-1/h1-5H;1-5H. The summed E-state index contributed by atoms with van der Waals surface area (Å²) in [6.45, 7) is 0. The van der Waals surface area contributed by atoms with Gasteiger partial charge in [-0.25, -0.2) is 0 Å². The molecular weight excluding hydrogens is 204 g/mol. The quantitative estimate of drug-likeness (QED) is 0.573. The monoisotopic (exact) mass is 214 g/mol. The Morgan fingerprint density at radius 3 is 2.33 bits per heavy atom. The molecule has 0 N–H and O–H groups in total. The highest BCUT2D eigenvalue weighted by atomic mass is 32.1. The van der Waals surface area contributed by atoms with E-state index in [1.165, 1.54) is 4.70 Å². The van der Waals surface area contributed by atoms with Crippen LogP contribution in [0.25, 0.3) is 10.2 Å². The molecule has 0 radical (unpaired) electrons. The number of fused-ring (bicyclic) bond motifs is 1. The summed E-state index contributed by atoms with van der Waals surface area (Å²) >= 11 is 1.72. The zero-order valence-electron chi connectivity index (χ0n) is 8.08. The van der Waals surface area contributed by atoms with Gasteiger partial charge in [-0.15, -0.1) is 11.3 Å². The first-order valence-electron chi connectivity index (χ1n) is 4.60. The molecule has 2 nitrogen and oxygen atoms in total. The van der Waals surface area contributed by atoms with Crippen molar-refractivity contribution in [2.24, 2.45) is 0 Å². The van der Waals surface area contributed by atoms with E-state index in [0.717, 1.165) is 5.52 Å². The Hall–Kier alpha value is -1.74. The molecule has 3 heterocycles. The molecular formula is C12H10N2S. The average Bonchev–Trinajstić information content (AvgIpc) is 2.80. The molecule has 0 saturated heterocycles. The van der Waals surface area contributed by atoms with E-state index in [0.29, 0.717) is 0 Å². The molecule has 0 fully saturated rings. The van der Waals surface area contributed by atoms with E-state index in [9.17, 15) is 0 Å². The Bertz CT molecular complexity index is 448. The van der Waals surface area contributed by atoms with Crippen molar-refractivity contribution in [3.63, 3.8) is 0 Å². The predicted octanol–water partition coefficient (Wildman–Crippen LogP) is 3.38. The van der Waals surface area contributed by atoms with Crippen LogP contribution in [0.3, 0.4) is 0 Å². The highest BCUT2D eigenvalue weighted by molar-refractivity contribution is 7.17. The van der Waals surface area contributed by atoms with Crippen molar-refractivity contribution in [3.8, 4) is 0 Å². The number of thiophene rings is 1. The van der Waals surface area contributed by atoms with Gasteiger partial charge < -0.3 is 0 Å². The first-order chi connectivity index (χ1) is 7.47. The van der Waals surface area contributed by atoms with E-state index in [2.05, 4.69) is 21.4 Å². The lowest BCUT2D eigenvalue weighted by atomic mass is 10.4. The number of nitrogens with zero attached hydrogens (tertiary/aromatic N) is 2. The largest absolute Gasteiger partial charge is 0.265 e. The molecule has 0 atom stereocenters. The zero-order chi connectivity index (χ0) is 10.3. The summed E-state index contributed by atoms with van der Waals surface area (Å²) in [6, 6.07) is 11.8. The lowest BCUT2D eigenvalue weighted by molar-refractivity contribution is 1.33. The maximum atomic E-state index is 4.15. The van der Waals surface area contributed by atoms with E-state index in [1.54, 1.807) is 23.7 Å². The van der Waals surface area contributed by atoms with Gasteiger partial charge in [-0.2, -0.15) is 0 Å². The van der Waals surface area contributed by atoms with Crippen LogP contribution in [-0.4, -0.2) is 9.97 Å². The van der Waals surface area contributed by atoms with Crippen LogP contribution in [-0.2, 0) is 0 Å². The van der Waals surface area contributed by atoms with Gasteiger partial charge in [0.15, 0.2) is 0 Å². The second-order valence-electron chi connectivity index (χ2n) is 2.83. The number of hydrogen-bond donors (Lipinski definition) is 0. The van der Waals surface area contributed by atoms with E-state index in [1.807, 2.05) is 36.5 Å². The minimum absolute atomic E-state index is 1.10. The van der Waals surface area contributed by atoms with E-state index >= 15 is 0 Å². The van der Waals surface area contributed by atoms with Crippen LogP contribution in [0.4, 0.5) is 0 Å². The third kappa shape index (κ3) is 2.86. The Balaban J connectivity index is 0.000000124. The van der Waals surface area contributed by atoms with E-state index in [-0.39, 0.29) is 0 Å². The van der Waals surface area contributed by atoms with Crippen molar-refractivity contribution in [1.82, 2.24) is 9.97 Å². The van der Waals surface area contributed by atoms with Crippen LogP contribution in [0, 0.1) is 0 Å². The smallest absolute Gasteiger partial charge is 0.0809 e. The predicted molar refractivity (Wildman–Crippen MR) is 63.9 cm³/mol. The van der Waals surface area contributed by atoms with Crippen LogP contribution < -0.4 is 0 Å². The molecule has 0 amide bonds. The molecule has 15 heavy (non-hydrogen) atoms. The Kier molecular flexibility index (Phi) is 3.41. The number of hydrogen-bond acceptors (Lipinski definition) is 3. The lowest BCUT2D eigenvalue weighted by Crippen LogP contribution is -1.65. The number of rotatable bonds is 0. The summed E-state index contributed by atoms with van der Waals surface area (Å²) in [5, 5.41) is 2.05. The maximum absolute atomic E-state index is 4.15. The molecule has 0 unspecified atom stereocenters. The van der Waals surface area contributed by atoms with Gasteiger partial charge in [0.2, 0.25) is 0 Å². The van der Waals surface area contributed by atoms with Gasteiger partial charge in [0.1, 0.15) is 0 Å². The Morgan fingerprint density at radius 1 is 0.867 bits per heavy atom. The van der Waals surface area contributed by atoms with Crippen molar-refractivity contribution in [2.45, 2.75) is 0 Å². The third-order valence-electron chi connectivity index (χ3n) is 1.79. The van der Waals surface area contributed by atoms with Crippen LogP contribution in [0.1, 0.15) is 0 Å². The van der Waals surface area contributed by atoms with Gasteiger partial charge in [0.05, 0.1) is 10.2 Å². The van der Waals surface area contributed by atoms with Gasteiger partial charge in [-0.05, 0) is 35.7 Å². The van der Waals surface area contributed by atoms with Crippen molar-refractivity contribution >= 4 is 21.6 Å². The molecule has 0 bridgehead atoms. The van der Waals surface area contributed by atoms with Gasteiger partial charge >= 0.3 is 0 Å². The summed E-state index contributed by atoms with van der Waals surface area (Å²) < 4.78 is 1.26. The van der Waals surface area contributed by atoms with Crippen LogP contribution in [0.15, 0.2) is 60.4 Å². The molecule has 0 spiro atoms. The minimum atomic E-state index is 1.10.